The van der Waals surface area contributed by atoms with Crippen LogP contribution in [0.1, 0.15) is 40.2 Å². The smallest absolute Gasteiger partial charge is 0.185 e. The second kappa shape index (κ2) is 6.11. The first-order chi connectivity index (χ1) is 10.9. The molecule has 1 aliphatic rings. The number of hydrogen-bond acceptors (Lipinski definition) is 5. The molecule has 0 radical (unpaired) electrons. The lowest BCUT2D eigenvalue weighted by Crippen LogP contribution is -2.57. The molecule has 1 aliphatic heterocycles. The van der Waals surface area contributed by atoms with Crippen LogP contribution in [-0.2, 0) is 5.41 Å². The molecule has 3 rings (SSSR count). The van der Waals surface area contributed by atoms with Gasteiger partial charge in [-0.25, -0.2) is 9.97 Å². The summed E-state index contributed by atoms with van der Waals surface area (Å²) in [5, 5.41) is 3.18. The lowest BCUT2D eigenvalue weighted by atomic mass is 9.88. The molecule has 1 fully saturated rings. The summed E-state index contributed by atoms with van der Waals surface area (Å²) >= 11 is 1.72. The van der Waals surface area contributed by atoms with Gasteiger partial charge in [0, 0.05) is 42.9 Å². The van der Waals surface area contributed by atoms with Crippen molar-refractivity contribution in [3.8, 4) is 0 Å². The number of pyridine rings is 1. The van der Waals surface area contributed by atoms with Crippen LogP contribution in [0.2, 0.25) is 0 Å². The van der Waals surface area contributed by atoms with Crippen molar-refractivity contribution in [2.75, 3.05) is 22.9 Å². The van der Waals surface area contributed by atoms with Gasteiger partial charge in [0.1, 0.15) is 5.82 Å². The molecule has 4 nitrogen and oxygen atoms in total. The molecule has 0 amide bonds. The minimum absolute atomic E-state index is 0.148. The standard InChI is InChI=1S/C18H26N4S/c1-13-11-21(12-14(2)22(13)17-19-8-9-23-17)16-7-6-15(10-20-16)18(3,4)5/h6-10,13-14H,11-12H2,1-5H3/t13-,14+. The Kier molecular flexibility index (Phi) is 4.32. The fourth-order valence-corrected chi connectivity index (χ4v) is 4.09. The predicted molar refractivity (Wildman–Crippen MR) is 98.7 cm³/mol. The van der Waals surface area contributed by atoms with E-state index in [9.17, 15) is 0 Å². The van der Waals surface area contributed by atoms with Crippen LogP contribution in [-0.4, -0.2) is 35.1 Å². The van der Waals surface area contributed by atoms with Gasteiger partial charge in [0.05, 0.1) is 0 Å². The van der Waals surface area contributed by atoms with Crippen molar-refractivity contribution < 1.29 is 0 Å². The summed E-state index contributed by atoms with van der Waals surface area (Å²) in [7, 11) is 0. The Morgan fingerprint density at radius 1 is 1.09 bits per heavy atom. The van der Waals surface area contributed by atoms with Crippen LogP contribution < -0.4 is 9.80 Å². The molecule has 0 aromatic carbocycles. The number of aromatic nitrogens is 2. The molecule has 0 saturated carbocycles. The molecule has 5 heteroatoms. The molecule has 2 atom stereocenters. The summed E-state index contributed by atoms with van der Waals surface area (Å²) in [4.78, 5) is 14.0. The number of anilines is 2. The Balaban J connectivity index is 1.76. The molecule has 0 bridgehead atoms. The molecule has 2 aromatic heterocycles. The van der Waals surface area contributed by atoms with E-state index in [0.29, 0.717) is 12.1 Å². The van der Waals surface area contributed by atoms with Gasteiger partial charge in [0.25, 0.3) is 0 Å². The van der Waals surface area contributed by atoms with Crippen LogP contribution in [0.5, 0.6) is 0 Å². The van der Waals surface area contributed by atoms with Crippen LogP contribution >= 0.6 is 11.3 Å². The summed E-state index contributed by atoms with van der Waals surface area (Å²) in [6.07, 6.45) is 3.91. The highest BCUT2D eigenvalue weighted by Gasteiger charge is 2.31. The highest BCUT2D eigenvalue weighted by Crippen LogP contribution is 2.29. The van der Waals surface area contributed by atoms with Gasteiger partial charge < -0.3 is 9.80 Å². The van der Waals surface area contributed by atoms with E-state index < -0.39 is 0 Å². The van der Waals surface area contributed by atoms with Crippen LogP contribution in [0.25, 0.3) is 0 Å². The highest BCUT2D eigenvalue weighted by molar-refractivity contribution is 7.13. The van der Waals surface area contributed by atoms with Gasteiger partial charge in [-0.15, -0.1) is 11.3 Å². The van der Waals surface area contributed by atoms with E-state index in [1.54, 1.807) is 11.3 Å². The van der Waals surface area contributed by atoms with Gasteiger partial charge in [-0.05, 0) is 30.9 Å². The third-order valence-electron chi connectivity index (χ3n) is 4.50. The van der Waals surface area contributed by atoms with Crippen molar-refractivity contribution in [2.24, 2.45) is 0 Å². The summed E-state index contributed by atoms with van der Waals surface area (Å²) in [5.41, 5.74) is 1.43. The summed E-state index contributed by atoms with van der Waals surface area (Å²) in [6.45, 7) is 13.2. The zero-order chi connectivity index (χ0) is 16.6. The third-order valence-corrected chi connectivity index (χ3v) is 5.28. The lowest BCUT2D eigenvalue weighted by Gasteiger charge is -2.45. The maximum absolute atomic E-state index is 4.72. The first-order valence-corrected chi connectivity index (χ1v) is 9.13. The molecular weight excluding hydrogens is 304 g/mol. The van der Waals surface area contributed by atoms with E-state index in [0.717, 1.165) is 24.0 Å². The topological polar surface area (TPSA) is 32.3 Å². The van der Waals surface area contributed by atoms with E-state index >= 15 is 0 Å². The average molecular weight is 331 g/mol. The van der Waals surface area contributed by atoms with Gasteiger partial charge in [-0.1, -0.05) is 26.8 Å². The highest BCUT2D eigenvalue weighted by atomic mass is 32.1. The maximum Gasteiger partial charge on any atom is 0.185 e. The zero-order valence-electron chi connectivity index (χ0n) is 14.7. The summed E-state index contributed by atoms with van der Waals surface area (Å²) in [6, 6.07) is 5.23. The second-order valence-corrected chi connectivity index (χ2v) is 8.35. The van der Waals surface area contributed by atoms with E-state index in [4.69, 9.17) is 4.98 Å². The predicted octanol–water partition coefficient (Wildman–Crippen LogP) is 3.94. The Bertz CT molecular complexity index is 618. The van der Waals surface area contributed by atoms with E-state index in [1.165, 1.54) is 5.56 Å². The molecule has 0 unspecified atom stereocenters. The van der Waals surface area contributed by atoms with Crippen molar-refractivity contribution in [3.63, 3.8) is 0 Å². The van der Waals surface area contributed by atoms with Crippen molar-refractivity contribution in [1.82, 2.24) is 9.97 Å². The number of rotatable bonds is 2. The van der Waals surface area contributed by atoms with Crippen molar-refractivity contribution in [1.29, 1.82) is 0 Å². The van der Waals surface area contributed by atoms with Crippen molar-refractivity contribution in [3.05, 3.63) is 35.5 Å². The fourth-order valence-electron chi connectivity index (χ4n) is 3.25. The SMILES string of the molecule is C[C@@H]1CN(c2ccc(C(C)(C)C)cn2)C[C@H](C)N1c1nccs1. The largest absolute Gasteiger partial charge is 0.353 e. The molecule has 0 aliphatic carbocycles. The van der Waals surface area contributed by atoms with Gasteiger partial charge in [-0.2, -0.15) is 0 Å². The molecular formula is C18H26N4S. The Morgan fingerprint density at radius 3 is 2.26 bits per heavy atom. The average Bonchev–Trinajstić information content (AvgIpc) is 2.99. The van der Waals surface area contributed by atoms with Gasteiger partial charge >= 0.3 is 0 Å². The zero-order valence-corrected chi connectivity index (χ0v) is 15.5. The van der Waals surface area contributed by atoms with Gasteiger partial charge in [0.15, 0.2) is 5.13 Å². The van der Waals surface area contributed by atoms with E-state index in [2.05, 4.69) is 61.5 Å². The molecule has 0 N–H and O–H groups in total. The molecule has 1 saturated heterocycles. The van der Waals surface area contributed by atoms with E-state index in [1.807, 2.05) is 17.8 Å². The molecule has 124 valence electrons. The normalized spacial score (nSPS) is 22.5. The Labute approximate surface area is 143 Å². The molecule has 3 heterocycles. The van der Waals surface area contributed by atoms with Gasteiger partial charge in [0.2, 0.25) is 0 Å². The number of piperazine rings is 1. The van der Waals surface area contributed by atoms with Crippen molar-refractivity contribution >= 4 is 22.3 Å². The third kappa shape index (κ3) is 3.34. The minimum Gasteiger partial charge on any atom is -0.353 e. The van der Waals surface area contributed by atoms with E-state index in [-0.39, 0.29) is 5.41 Å². The molecule has 2 aromatic rings. The second-order valence-electron chi connectivity index (χ2n) is 7.48. The first-order valence-electron chi connectivity index (χ1n) is 8.25. The fraction of sp³-hybridized carbons (Fsp3) is 0.556. The Morgan fingerprint density at radius 2 is 1.78 bits per heavy atom. The summed E-state index contributed by atoms with van der Waals surface area (Å²) < 4.78 is 0. The van der Waals surface area contributed by atoms with Crippen LogP contribution in [0, 0.1) is 0 Å². The number of thiazole rings is 1. The van der Waals surface area contributed by atoms with Crippen molar-refractivity contribution in [2.45, 2.75) is 52.1 Å². The van der Waals surface area contributed by atoms with Crippen LogP contribution in [0.4, 0.5) is 10.9 Å². The minimum atomic E-state index is 0.148. The number of nitrogens with zero attached hydrogens (tertiary/aromatic N) is 4. The maximum atomic E-state index is 4.72. The lowest BCUT2D eigenvalue weighted by molar-refractivity contribution is 0.471. The monoisotopic (exact) mass is 330 g/mol. The molecule has 0 spiro atoms. The van der Waals surface area contributed by atoms with Crippen LogP contribution in [0.15, 0.2) is 29.9 Å². The molecule has 23 heavy (non-hydrogen) atoms. The number of hydrogen-bond donors (Lipinski definition) is 0. The van der Waals surface area contributed by atoms with Gasteiger partial charge in [-0.3, -0.25) is 0 Å². The summed E-state index contributed by atoms with van der Waals surface area (Å²) in [5.74, 6) is 1.08. The quantitative estimate of drug-likeness (QED) is 0.835. The Hall–Kier alpha value is -1.62. The first kappa shape index (κ1) is 16.2. The van der Waals surface area contributed by atoms with Crippen LogP contribution in [0.3, 0.4) is 0 Å².